The summed E-state index contributed by atoms with van der Waals surface area (Å²) in [7, 11) is 0. The number of anilines is 2. The summed E-state index contributed by atoms with van der Waals surface area (Å²) in [6, 6.07) is 22.2. The summed E-state index contributed by atoms with van der Waals surface area (Å²) in [6.07, 6.45) is -0.598. The summed E-state index contributed by atoms with van der Waals surface area (Å²) in [5.41, 5.74) is 5.33. The molecule has 0 radical (unpaired) electrons. The summed E-state index contributed by atoms with van der Waals surface area (Å²) >= 11 is 0. The number of carbonyl (C=O) groups excluding carboxylic acids is 2. The van der Waals surface area contributed by atoms with E-state index >= 15 is 0 Å². The zero-order chi connectivity index (χ0) is 21.1. The van der Waals surface area contributed by atoms with Crippen molar-refractivity contribution >= 4 is 29.3 Å². The molecule has 2 amide bonds. The first kappa shape index (κ1) is 19.2. The molecule has 0 aliphatic heterocycles. The van der Waals surface area contributed by atoms with Crippen LogP contribution in [-0.2, 0) is 14.3 Å². The molecule has 0 aromatic heterocycles. The second-order valence-corrected chi connectivity index (χ2v) is 6.79. The number of aliphatic carboxylic acids is 1. The molecule has 0 atom stereocenters. The Morgan fingerprint density at radius 1 is 0.767 bits per heavy atom. The molecular formula is C23H18N2O5. The lowest BCUT2D eigenvalue weighted by Gasteiger charge is -2.14. The highest BCUT2D eigenvalue weighted by molar-refractivity contribution is 6.36. The van der Waals surface area contributed by atoms with Crippen molar-refractivity contribution in [3.8, 4) is 11.1 Å². The van der Waals surface area contributed by atoms with Gasteiger partial charge in [0.05, 0.1) is 0 Å². The number of fused-ring (bicyclic) bond motifs is 3. The summed E-state index contributed by atoms with van der Waals surface area (Å²) < 4.78 is 5.47. The normalized spacial score (nSPS) is 11.9. The molecule has 3 aromatic rings. The largest absolute Gasteiger partial charge is 0.474 e. The van der Waals surface area contributed by atoms with Crippen LogP contribution in [0.4, 0.5) is 16.2 Å². The van der Waals surface area contributed by atoms with Crippen LogP contribution >= 0.6 is 0 Å². The number of hydrogen-bond donors (Lipinski definition) is 3. The van der Waals surface area contributed by atoms with E-state index in [1.54, 1.807) is 12.1 Å². The van der Waals surface area contributed by atoms with Crippen molar-refractivity contribution in [3.63, 3.8) is 0 Å². The number of carboxylic acids is 1. The highest BCUT2D eigenvalue weighted by Gasteiger charge is 2.29. The number of hydrogen-bond acceptors (Lipinski definition) is 4. The van der Waals surface area contributed by atoms with Crippen LogP contribution in [0, 0.1) is 0 Å². The molecule has 0 saturated heterocycles. The molecule has 0 saturated carbocycles. The van der Waals surface area contributed by atoms with Gasteiger partial charge >= 0.3 is 18.0 Å². The quantitative estimate of drug-likeness (QED) is 0.571. The minimum absolute atomic E-state index is 0.0308. The van der Waals surface area contributed by atoms with Crippen molar-refractivity contribution in [2.75, 3.05) is 17.2 Å². The second-order valence-electron chi connectivity index (χ2n) is 6.79. The molecule has 30 heavy (non-hydrogen) atoms. The number of nitrogens with one attached hydrogen (secondary N) is 2. The maximum absolute atomic E-state index is 12.3. The molecular weight excluding hydrogens is 384 g/mol. The minimum Gasteiger partial charge on any atom is -0.474 e. The van der Waals surface area contributed by atoms with Crippen molar-refractivity contribution in [3.05, 3.63) is 83.9 Å². The number of carboxylic acid groups (broad SMARTS) is 1. The van der Waals surface area contributed by atoms with Gasteiger partial charge in [0.15, 0.2) is 0 Å². The first-order valence-corrected chi connectivity index (χ1v) is 9.29. The van der Waals surface area contributed by atoms with Gasteiger partial charge in [-0.2, -0.15) is 0 Å². The van der Waals surface area contributed by atoms with E-state index in [2.05, 4.69) is 22.8 Å². The minimum atomic E-state index is -1.57. The van der Waals surface area contributed by atoms with Crippen LogP contribution in [0.2, 0.25) is 0 Å². The number of rotatable bonds is 4. The fraction of sp³-hybridized carbons (Fsp3) is 0.0870. The van der Waals surface area contributed by atoms with Gasteiger partial charge in [-0.05, 0) is 46.5 Å². The van der Waals surface area contributed by atoms with Crippen molar-refractivity contribution in [1.82, 2.24) is 0 Å². The summed E-state index contributed by atoms with van der Waals surface area (Å²) in [6.45, 7) is 0.201. The molecule has 0 bridgehead atoms. The fourth-order valence-electron chi connectivity index (χ4n) is 3.57. The number of ether oxygens (including phenoxy) is 1. The van der Waals surface area contributed by atoms with Crippen molar-refractivity contribution < 1.29 is 24.2 Å². The average Bonchev–Trinajstić information content (AvgIpc) is 3.07. The first-order chi connectivity index (χ1) is 14.5. The van der Waals surface area contributed by atoms with Crippen LogP contribution in [0.25, 0.3) is 11.1 Å². The molecule has 0 fully saturated rings. The first-order valence-electron chi connectivity index (χ1n) is 9.29. The lowest BCUT2D eigenvalue weighted by molar-refractivity contribution is -0.147. The summed E-state index contributed by atoms with van der Waals surface area (Å²) in [4.78, 5) is 34.0. The molecule has 1 aliphatic carbocycles. The molecule has 1 aliphatic rings. The number of benzene rings is 3. The highest BCUT2D eigenvalue weighted by atomic mass is 16.5. The van der Waals surface area contributed by atoms with E-state index in [0.29, 0.717) is 11.4 Å². The van der Waals surface area contributed by atoms with Gasteiger partial charge in [-0.3, -0.25) is 10.1 Å². The molecule has 150 valence electrons. The molecule has 7 heteroatoms. The summed E-state index contributed by atoms with van der Waals surface area (Å²) in [5.74, 6) is -2.74. The standard InChI is InChI=1S/C23H18N2O5/c26-21(22(27)28)24-14-9-11-15(12-10-14)25-23(29)30-13-20-18-7-3-1-5-16(18)17-6-2-4-8-19(17)20/h1-12,20H,13H2,(H,24,26)(H,25,29)(H,27,28). The van der Waals surface area contributed by atoms with Crippen LogP contribution in [0.15, 0.2) is 72.8 Å². The predicted octanol–water partition coefficient (Wildman–Crippen LogP) is 4.07. The van der Waals surface area contributed by atoms with Gasteiger partial charge in [0, 0.05) is 17.3 Å². The van der Waals surface area contributed by atoms with E-state index in [0.717, 1.165) is 22.3 Å². The van der Waals surface area contributed by atoms with Crippen LogP contribution in [0.3, 0.4) is 0 Å². The third kappa shape index (κ3) is 3.86. The fourth-order valence-corrected chi connectivity index (χ4v) is 3.57. The Balaban J connectivity index is 1.39. The lowest BCUT2D eigenvalue weighted by Crippen LogP contribution is -2.21. The summed E-state index contributed by atoms with van der Waals surface area (Å²) in [5, 5.41) is 13.5. The van der Waals surface area contributed by atoms with Gasteiger partial charge in [0.25, 0.3) is 0 Å². The molecule has 0 unspecified atom stereocenters. The van der Waals surface area contributed by atoms with Crippen LogP contribution in [0.1, 0.15) is 17.0 Å². The van der Waals surface area contributed by atoms with Gasteiger partial charge in [-0.15, -0.1) is 0 Å². The second kappa shape index (κ2) is 8.08. The van der Waals surface area contributed by atoms with E-state index in [9.17, 15) is 14.4 Å². The van der Waals surface area contributed by atoms with Gasteiger partial charge in [0.2, 0.25) is 0 Å². The third-order valence-corrected chi connectivity index (χ3v) is 4.93. The number of carbonyl (C=O) groups is 3. The predicted molar refractivity (Wildman–Crippen MR) is 111 cm³/mol. The van der Waals surface area contributed by atoms with E-state index in [-0.39, 0.29) is 12.5 Å². The Labute approximate surface area is 172 Å². The van der Waals surface area contributed by atoms with Crippen LogP contribution < -0.4 is 10.6 Å². The van der Waals surface area contributed by atoms with Gasteiger partial charge in [-0.1, -0.05) is 48.5 Å². The SMILES string of the molecule is O=C(Nc1ccc(NC(=O)C(=O)O)cc1)OCC1c2ccccc2-c2ccccc21. The van der Waals surface area contributed by atoms with Crippen molar-refractivity contribution in [2.24, 2.45) is 0 Å². The maximum atomic E-state index is 12.3. The average molecular weight is 402 g/mol. The molecule has 7 nitrogen and oxygen atoms in total. The monoisotopic (exact) mass is 402 g/mol. The Morgan fingerprint density at radius 3 is 1.80 bits per heavy atom. The molecule has 4 rings (SSSR count). The number of amides is 2. The third-order valence-electron chi connectivity index (χ3n) is 4.93. The van der Waals surface area contributed by atoms with E-state index in [4.69, 9.17) is 9.84 Å². The maximum Gasteiger partial charge on any atom is 0.411 e. The highest BCUT2D eigenvalue weighted by Crippen LogP contribution is 2.44. The van der Waals surface area contributed by atoms with Crippen LogP contribution in [0.5, 0.6) is 0 Å². The van der Waals surface area contributed by atoms with Gasteiger partial charge in [0.1, 0.15) is 6.61 Å². The van der Waals surface area contributed by atoms with E-state index in [1.807, 2.05) is 36.4 Å². The lowest BCUT2D eigenvalue weighted by atomic mass is 9.98. The van der Waals surface area contributed by atoms with E-state index < -0.39 is 18.0 Å². The van der Waals surface area contributed by atoms with Gasteiger partial charge < -0.3 is 15.2 Å². The van der Waals surface area contributed by atoms with Crippen molar-refractivity contribution in [2.45, 2.75) is 5.92 Å². The Hall–Kier alpha value is -4.13. The Bertz CT molecular complexity index is 1080. The molecule has 0 heterocycles. The Kier molecular flexibility index (Phi) is 5.17. The van der Waals surface area contributed by atoms with Gasteiger partial charge in [-0.25, -0.2) is 9.59 Å². The molecule has 3 aromatic carbocycles. The topological polar surface area (TPSA) is 105 Å². The molecule has 3 N–H and O–H groups in total. The van der Waals surface area contributed by atoms with Crippen molar-refractivity contribution in [1.29, 1.82) is 0 Å². The zero-order valence-electron chi connectivity index (χ0n) is 15.8. The zero-order valence-corrected chi connectivity index (χ0v) is 15.8. The smallest absolute Gasteiger partial charge is 0.411 e. The molecule has 0 spiro atoms. The van der Waals surface area contributed by atoms with Crippen LogP contribution in [-0.4, -0.2) is 29.7 Å². The van der Waals surface area contributed by atoms with E-state index in [1.165, 1.54) is 12.1 Å². The Morgan fingerprint density at radius 2 is 1.27 bits per heavy atom.